The summed E-state index contributed by atoms with van der Waals surface area (Å²) in [5.41, 5.74) is 7.86. The molecule has 1 aliphatic rings. The summed E-state index contributed by atoms with van der Waals surface area (Å²) >= 11 is 0. The summed E-state index contributed by atoms with van der Waals surface area (Å²) in [5, 5.41) is 3.44. The Hall–Kier alpha value is -1.33. The molecule has 5 nitrogen and oxygen atoms in total. The number of hydrogen-bond donors (Lipinski definition) is 2. The highest BCUT2D eigenvalue weighted by Crippen LogP contribution is 2.18. The molecule has 0 aromatic carbocycles. The zero-order chi connectivity index (χ0) is 15.4. The smallest absolute Gasteiger partial charge is 0.149 e. The zero-order valence-electron chi connectivity index (χ0n) is 13.8. The van der Waals surface area contributed by atoms with Crippen molar-refractivity contribution < 1.29 is 0 Å². The molecular weight excluding hydrogens is 262 g/mol. The molecule has 1 aromatic rings. The average molecular weight is 291 g/mol. The first-order valence-electron chi connectivity index (χ1n) is 7.86. The molecule has 0 radical (unpaired) electrons. The van der Waals surface area contributed by atoms with Crippen molar-refractivity contribution in [2.45, 2.75) is 26.8 Å². The molecule has 0 bridgehead atoms. The Morgan fingerprint density at radius 3 is 2.52 bits per heavy atom. The molecule has 2 rings (SSSR count). The van der Waals surface area contributed by atoms with E-state index in [-0.39, 0.29) is 0 Å². The molecule has 1 aliphatic heterocycles. The third kappa shape index (κ3) is 4.32. The monoisotopic (exact) mass is 291 g/mol. The van der Waals surface area contributed by atoms with E-state index in [9.17, 15) is 0 Å². The molecule has 1 aromatic heterocycles. The number of nitrogens with two attached hydrogens (primary N) is 1. The highest BCUT2D eigenvalue weighted by Gasteiger charge is 2.24. The van der Waals surface area contributed by atoms with Crippen LogP contribution in [0.5, 0.6) is 0 Å². The molecule has 2 heterocycles. The van der Waals surface area contributed by atoms with Crippen LogP contribution in [0.3, 0.4) is 0 Å². The first-order chi connectivity index (χ1) is 9.97. The first kappa shape index (κ1) is 16.0. The minimum Gasteiger partial charge on any atom is -0.396 e. The number of nitrogens with zero attached hydrogens (tertiary/aromatic N) is 3. The number of pyridine rings is 1. The molecule has 1 fully saturated rings. The van der Waals surface area contributed by atoms with E-state index in [4.69, 9.17) is 5.73 Å². The van der Waals surface area contributed by atoms with Crippen molar-refractivity contribution in [3.05, 3.63) is 17.8 Å². The van der Waals surface area contributed by atoms with E-state index in [1.165, 1.54) is 0 Å². The van der Waals surface area contributed by atoms with E-state index in [1.807, 2.05) is 19.2 Å². The van der Waals surface area contributed by atoms with Crippen molar-refractivity contribution in [1.29, 1.82) is 0 Å². The Labute approximate surface area is 128 Å². The maximum Gasteiger partial charge on any atom is 0.149 e. The molecule has 0 aliphatic carbocycles. The second kappa shape index (κ2) is 7.09. The van der Waals surface area contributed by atoms with Crippen molar-refractivity contribution in [2.24, 2.45) is 5.92 Å². The predicted molar refractivity (Wildman–Crippen MR) is 89.6 cm³/mol. The summed E-state index contributed by atoms with van der Waals surface area (Å²) in [6, 6.07) is 2.48. The van der Waals surface area contributed by atoms with Crippen molar-refractivity contribution in [1.82, 2.24) is 14.8 Å². The Morgan fingerprint density at radius 1 is 1.29 bits per heavy atom. The van der Waals surface area contributed by atoms with Gasteiger partial charge in [-0.1, -0.05) is 13.8 Å². The van der Waals surface area contributed by atoms with Gasteiger partial charge in [0.15, 0.2) is 0 Å². The van der Waals surface area contributed by atoms with Crippen molar-refractivity contribution in [2.75, 3.05) is 50.8 Å². The SMILES string of the molecule is Cc1cnc(NCC(C(C)C)N2CCN(C)CC2)c(N)c1. The van der Waals surface area contributed by atoms with Gasteiger partial charge in [-0.3, -0.25) is 4.90 Å². The average Bonchev–Trinajstić information content (AvgIpc) is 2.42. The van der Waals surface area contributed by atoms with Crippen molar-refractivity contribution in [3.63, 3.8) is 0 Å². The predicted octanol–water partition coefficient (Wildman–Crippen LogP) is 1.66. The van der Waals surface area contributed by atoms with E-state index in [0.717, 1.165) is 49.8 Å². The lowest BCUT2D eigenvalue weighted by Crippen LogP contribution is -2.52. The van der Waals surface area contributed by atoms with Gasteiger partial charge in [-0.15, -0.1) is 0 Å². The van der Waals surface area contributed by atoms with Crippen LogP contribution in [0.15, 0.2) is 12.3 Å². The third-order valence-electron chi connectivity index (χ3n) is 4.31. The lowest BCUT2D eigenvalue weighted by atomic mass is 10.0. The Morgan fingerprint density at radius 2 is 1.95 bits per heavy atom. The minimum absolute atomic E-state index is 0.515. The van der Waals surface area contributed by atoms with Gasteiger partial charge in [0.2, 0.25) is 0 Å². The summed E-state index contributed by atoms with van der Waals surface area (Å²) in [6.07, 6.45) is 1.86. The van der Waals surface area contributed by atoms with Gasteiger partial charge in [0.25, 0.3) is 0 Å². The number of nitrogen functional groups attached to an aromatic ring is 1. The Balaban J connectivity index is 1.97. The van der Waals surface area contributed by atoms with Gasteiger partial charge in [-0.2, -0.15) is 0 Å². The van der Waals surface area contributed by atoms with Crippen LogP contribution >= 0.6 is 0 Å². The van der Waals surface area contributed by atoms with Crippen LogP contribution in [-0.2, 0) is 0 Å². The van der Waals surface area contributed by atoms with Crippen LogP contribution in [0.1, 0.15) is 19.4 Å². The summed E-state index contributed by atoms with van der Waals surface area (Å²) in [7, 11) is 2.19. The van der Waals surface area contributed by atoms with Gasteiger partial charge < -0.3 is 16.0 Å². The zero-order valence-corrected chi connectivity index (χ0v) is 13.8. The summed E-state index contributed by atoms with van der Waals surface area (Å²) in [4.78, 5) is 9.38. The fourth-order valence-electron chi connectivity index (χ4n) is 2.88. The van der Waals surface area contributed by atoms with Crippen LogP contribution < -0.4 is 11.1 Å². The fraction of sp³-hybridized carbons (Fsp3) is 0.688. The maximum atomic E-state index is 6.04. The normalized spacial score (nSPS) is 18.9. The Bertz CT molecular complexity index is 452. The number of hydrogen-bond acceptors (Lipinski definition) is 5. The van der Waals surface area contributed by atoms with E-state index < -0.39 is 0 Å². The molecule has 21 heavy (non-hydrogen) atoms. The lowest BCUT2D eigenvalue weighted by Gasteiger charge is -2.40. The molecule has 5 heteroatoms. The topological polar surface area (TPSA) is 57.4 Å². The molecule has 1 unspecified atom stereocenters. The summed E-state index contributed by atoms with van der Waals surface area (Å²) in [6.45, 7) is 12.0. The largest absolute Gasteiger partial charge is 0.396 e. The van der Waals surface area contributed by atoms with Crippen LogP contribution in [0.2, 0.25) is 0 Å². The maximum absolute atomic E-state index is 6.04. The van der Waals surface area contributed by atoms with Gasteiger partial charge >= 0.3 is 0 Å². The number of piperazine rings is 1. The van der Waals surface area contributed by atoms with E-state index in [0.29, 0.717) is 12.0 Å². The van der Waals surface area contributed by atoms with Gasteiger partial charge in [0.1, 0.15) is 5.82 Å². The quantitative estimate of drug-likeness (QED) is 0.864. The van der Waals surface area contributed by atoms with Gasteiger partial charge in [0, 0.05) is 45.0 Å². The molecule has 3 N–H and O–H groups in total. The second-order valence-electron chi connectivity index (χ2n) is 6.48. The third-order valence-corrected chi connectivity index (χ3v) is 4.31. The van der Waals surface area contributed by atoms with E-state index >= 15 is 0 Å². The van der Waals surface area contributed by atoms with E-state index in [2.05, 4.69) is 41.0 Å². The lowest BCUT2D eigenvalue weighted by molar-refractivity contribution is 0.0944. The van der Waals surface area contributed by atoms with Crippen LogP contribution in [-0.4, -0.2) is 60.6 Å². The van der Waals surface area contributed by atoms with Gasteiger partial charge in [-0.05, 0) is 31.5 Å². The molecule has 0 spiro atoms. The highest BCUT2D eigenvalue weighted by molar-refractivity contribution is 5.61. The van der Waals surface area contributed by atoms with Gasteiger partial charge in [-0.25, -0.2) is 4.98 Å². The standard InChI is InChI=1S/C16H29N5/c1-12(2)15(21-7-5-20(4)6-8-21)11-19-16-14(17)9-13(3)10-18-16/h9-10,12,15H,5-8,11,17H2,1-4H3,(H,18,19). The molecule has 118 valence electrons. The van der Waals surface area contributed by atoms with Crippen LogP contribution in [0.25, 0.3) is 0 Å². The fourth-order valence-corrected chi connectivity index (χ4v) is 2.88. The van der Waals surface area contributed by atoms with Crippen LogP contribution in [0, 0.1) is 12.8 Å². The molecule has 0 saturated carbocycles. The second-order valence-corrected chi connectivity index (χ2v) is 6.48. The number of likely N-dealkylation sites (N-methyl/N-ethyl adjacent to an activating group) is 1. The molecule has 1 atom stereocenters. The number of aromatic nitrogens is 1. The van der Waals surface area contributed by atoms with Crippen molar-refractivity contribution in [3.8, 4) is 0 Å². The number of rotatable bonds is 5. The molecule has 1 saturated heterocycles. The number of aryl methyl sites for hydroxylation is 1. The summed E-state index contributed by atoms with van der Waals surface area (Å²) < 4.78 is 0. The molecular formula is C16H29N5. The summed E-state index contributed by atoms with van der Waals surface area (Å²) in [5.74, 6) is 1.41. The first-order valence-corrected chi connectivity index (χ1v) is 7.86. The van der Waals surface area contributed by atoms with Gasteiger partial charge in [0.05, 0.1) is 5.69 Å². The minimum atomic E-state index is 0.515. The Kier molecular flexibility index (Phi) is 5.42. The van der Waals surface area contributed by atoms with Crippen molar-refractivity contribution >= 4 is 11.5 Å². The van der Waals surface area contributed by atoms with Crippen LogP contribution in [0.4, 0.5) is 11.5 Å². The van der Waals surface area contributed by atoms with E-state index in [1.54, 1.807) is 0 Å². The highest BCUT2D eigenvalue weighted by atomic mass is 15.3. The molecule has 0 amide bonds. The number of anilines is 2. The number of nitrogens with one attached hydrogen (secondary N) is 1.